The molecule has 0 N–H and O–H groups in total. The maximum absolute atomic E-state index is 5.65. The van der Waals surface area contributed by atoms with Crippen molar-refractivity contribution in [1.82, 2.24) is 10.2 Å². The summed E-state index contributed by atoms with van der Waals surface area (Å²) < 4.78 is 5.57. The lowest BCUT2D eigenvalue weighted by Crippen LogP contribution is -1.91. The van der Waals surface area contributed by atoms with Gasteiger partial charge in [-0.3, -0.25) is 0 Å². The van der Waals surface area contributed by atoms with E-state index in [1.165, 1.54) is 10.5 Å². The van der Waals surface area contributed by atoms with Gasteiger partial charge in [-0.1, -0.05) is 11.6 Å². The maximum atomic E-state index is 5.65. The Morgan fingerprint density at radius 1 is 1.18 bits per heavy atom. The number of ether oxygens (including phenoxy) is 1. The van der Waals surface area contributed by atoms with Crippen LogP contribution in [0, 0.1) is 6.92 Å². The molecule has 1 heterocycles. The SMILES string of the molecule is CSc1ccc(Oc2ccc(Cl)nn2)cc1C. The first-order valence-corrected chi connectivity index (χ1v) is 6.61. The second-order valence-corrected chi connectivity index (χ2v) is 4.66. The van der Waals surface area contributed by atoms with Gasteiger partial charge in [0.25, 0.3) is 0 Å². The highest BCUT2D eigenvalue weighted by Gasteiger charge is 2.02. The minimum absolute atomic E-state index is 0.353. The monoisotopic (exact) mass is 266 g/mol. The van der Waals surface area contributed by atoms with Gasteiger partial charge in [0, 0.05) is 11.0 Å². The van der Waals surface area contributed by atoms with E-state index >= 15 is 0 Å². The van der Waals surface area contributed by atoms with Crippen LogP contribution < -0.4 is 4.74 Å². The number of halogens is 1. The zero-order valence-corrected chi connectivity index (χ0v) is 11.0. The number of rotatable bonds is 3. The van der Waals surface area contributed by atoms with Crippen LogP contribution in [0.15, 0.2) is 35.2 Å². The van der Waals surface area contributed by atoms with Crippen LogP contribution in [-0.4, -0.2) is 16.5 Å². The lowest BCUT2D eigenvalue weighted by Gasteiger charge is -2.07. The van der Waals surface area contributed by atoms with Gasteiger partial charge >= 0.3 is 0 Å². The van der Waals surface area contributed by atoms with E-state index in [4.69, 9.17) is 16.3 Å². The van der Waals surface area contributed by atoms with Crippen LogP contribution in [0.4, 0.5) is 0 Å². The van der Waals surface area contributed by atoms with Crippen molar-refractivity contribution in [1.29, 1.82) is 0 Å². The highest BCUT2D eigenvalue weighted by atomic mass is 35.5. The lowest BCUT2D eigenvalue weighted by atomic mass is 10.2. The summed E-state index contributed by atoms with van der Waals surface area (Å²) in [7, 11) is 0. The van der Waals surface area contributed by atoms with E-state index in [0.29, 0.717) is 11.0 Å². The van der Waals surface area contributed by atoms with Gasteiger partial charge < -0.3 is 4.74 Å². The van der Waals surface area contributed by atoms with Crippen LogP contribution in [0.2, 0.25) is 5.15 Å². The molecule has 0 saturated heterocycles. The quantitative estimate of drug-likeness (QED) is 0.788. The molecule has 0 bridgehead atoms. The number of thioether (sulfide) groups is 1. The van der Waals surface area contributed by atoms with Crippen LogP contribution >= 0.6 is 23.4 Å². The Morgan fingerprint density at radius 3 is 2.59 bits per heavy atom. The van der Waals surface area contributed by atoms with Gasteiger partial charge in [0.2, 0.25) is 5.88 Å². The van der Waals surface area contributed by atoms with Crippen LogP contribution in [0.1, 0.15) is 5.56 Å². The first-order valence-electron chi connectivity index (χ1n) is 5.01. The predicted octanol–water partition coefficient (Wildman–Crippen LogP) is 3.95. The van der Waals surface area contributed by atoms with Gasteiger partial charge in [0.15, 0.2) is 5.15 Å². The molecule has 17 heavy (non-hydrogen) atoms. The Balaban J connectivity index is 2.19. The van der Waals surface area contributed by atoms with Crippen molar-refractivity contribution in [3.63, 3.8) is 0 Å². The lowest BCUT2D eigenvalue weighted by molar-refractivity contribution is 0.454. The van der Waals surface area contributed by atoms with Crippen molar-refractivity contribution in [3.05, 3.63) is 41.0 Å². The molecular formula is C12H11ClN2OS. The Hall–Kier alpha value is -1.26. The van der Waals surface area contributed by atoms with Gasteiger partial charge in [-0.15, -0.1) is 22.0 Å². The summed E-state index contributed by atoms with van der Waals surface area (Å²) in [6, 6.07) is 9.25. The van der Waals surface area contributed by atoms with E-state index in [9.17, 15) is 0 Å². The molecular weight excluding hydrogens is 256 g/mol. The van der Waals surface area contributed by atoms with Crippen molar-refractivity contribution >= 4 is 23.4 Å². The van der Waals surface area contributed by atoms with Crippen molar-refractivity contribution < 1.29 is 4.74 Å². The molecule has 0 aliphatic heterocycles. The Labute approximate surface area is 109 Å². The molecule has 1 aromatic carbocycles. The smallest absolute Gasteiger partial charge is 0.238 e. The third-order valence-corrected chi connectivity index (χ3v) is 3.30. The molecule has 2 rings (SSSR count). The second-order valence-electron chi connectivity index (χ2n) is 3.43. The largest absolute Gasteiger partial charge is 0.438 e. The fraction of sp³-hybridized carbons (Fsp3) is 0.167. The molecule has 1 aromatic heterocycles. The first-order chi connectivity index (χ1) is 8.19. The van der Waals surface area contributed by atoms with Gasteiger partial charge in [-0.25, -0.2) is 0 Å². The van der Waals surface area contributed by atoms with Crippen LogP contribution in [0.3, 0.4) is 0 Å². The average Bonchev–Trinajstić information content (AvgIpc) is 2.32. The molecule has 88 valence electrons. The van der Waals surface area contributed by atoms with E-state index in [1.807, 2.05) is 31.4 Å². The molecule has 0 amide bonds. The summed E-state index contributed by atoms with van der Waals surface area (Å²) in [5.41, 5.74) is 1.18. The number of nitrogens with zero attached hydrogens (tertiary/aromatic N) is 2. The van der Waals surface area contributed by atoms with Gasteiger partial charge in [0.05, 0.1) is 0 Å². The summed E-state index contributed by atoms with van der Waals surface area (Å²) in [4.78, 5) is 1.24. The summed E-state index contributed by atoms with van der Waals surface area (Å²) in [6.07, 6.45) is 2.05. The minimum Gasteiger partial charge on any atom is -0.438 e. The summed E-state index contributed by atoms with van der Waals surface area (Å²) >= 11 is 7.36. The maximum Gasteiger partial charge on any atom is 0.238 e. The van der Waals surface area contributed by atoms with E-state index in [-0.39, 0.29) is 0 Å². The highest BCUT2D eigenvalue weighted by Crippen LogP contribution is 2.26. The van der Waals surface area contributed by atoms with E-state index in [0.717, 1.165) is 5.75 Å². The Morgan fingerprint density at radius 2 is 2.00 bits per heavy atom. The molecule has 0 atom stereocenters. The number of hydrogen-bond acceptors (Lipinski definition) is 4. The molecule has 0 aliphatic rings. The van der Waals surface area contributed by atoms with Crippen molar-refractivity contribution in [2.24, 2.45) is 0 Å². The number of aromatic nitrogens is 2. The van der Waals surface area contributed by atoms with Crippen molar-refractivity contribution in [2.75, 3.05) is 6.26 Å². The summed E-state index contributed by atoms with van der Waals surface area (Å²) in [5.74, 6) is 1.18. The van der Waals surface area contributed by atoms with E-state index in [1.54, 1.807) is 23.9 Å². The standard InChI is InChI=1S/C12H11ClN2OS/c1-8-7-9(3-4-10(8)17-2)16-12-6-5-11(13)14-15-12/h3-7H,1-2H3. The molecule has 0 unspecified atom stereocenters. The average molecular weight is 267 g/mol. The topological polar surface area (TPSA) is 35.0 Å². The van der Waals surface area contributed by atoms with Gasteiger partial charge in [0.1, 0.15) is 5.75 Å². The van der Waals surface area contributed by atoms with Gasteiger partial charge in [-0.2, -0.15) is 0 Å². The predicted molar refractivity (Wildman–Crippen MR) is 70.1 cm³/mol. The second kappa shape index (κ2) is 5.38. The fourth-order valence-corrected chi connectivity index (χ4v) is 2.08. The van der Waals surface area contributed by atoms with Crippen molar-refractivity contribution in [3.8, 4) is 11.6 Å². The van der Waals surface area contributed by atoms with E-state index in [2.05, 4.69) is 10.2 Å². The highest BCUT2D eigenvalue weighted by molar-refractivity contribution is 7.98. The van der Waals surface area contributed by atoms with Crippen LogP contribution in [0.5, 0.6) is 11.6 Å². The molecule has 5 heteroatoms. The third kappa shape index (κ3) is 3.11. The number of aryl methyl sites for hydroxylation is 1. The van der Waals surface area contributed by atoms with Crippen molar-refractivity contribution in [2.45, 2.75) is 11.8 Å². The molecule has 0 spiro atoms. The van der Waals surface area contributed by atoms with E-state index < -0.39 is 0 Å². The zero-order valence-electron chi connectivity index (χ0n) is 9.48. The van der Waals surface area contributed by atoms with Crippen LogP contribution in [0.25, 0.3) is 0 Å². The molecule has 0 radical (unpaired) electrons. The summed E-state index contributed by atoms with van der Waals surface area (Å²) in [6.45, 7) is 2.05. The summed E-state index contributed by atoms with van der Waals surface area (Å²) in [5, 5.41) is 7.91. The van der Waals surface area contributed by atoms with Gasteiger partial charge in [-0.05, 0) is 43.0 Å². The number of hydrogen-bond donors (Lipinski definition) is 0. The normalized spacial score (nSPS) is 10.3. The zero-order chi connectivity index (χ0) is 12.3. The Kier molecular flexibility index (Phi) is 3.86. The fourth-order valence-electron chi connectivity index (χ4n) is 1.39. The molecule has 0 fully saturated rings. The van der Waals surface area contributed by atoms with Crippen LogP contribution in [-0.2, 0) is 0 Å². The number of benzene rings is 1. The molecule has 0 aliphatic carbocycles. The molecule has 2 aromatic rings. The molecule has 0 saturated carbocycles. The minimum atomic E-state index is 0.353. The Bertz CT molecular complexity index is 516. The first kappa shape index (κ1) is 12.2. The molecule has 3 nitrogen and oxygen atoms in total. The third-order valence-electron chi connectivity index (χ3n) is 2.20.